The molecule has 0 saturated heterocycles. The summed E-state index contributed by atoms with van der Waals surface area (Å²) in [6.45, 7) is 2.57. The maximum Gasteiger partial charge on any atom is 0.231 e. The Bertz CT molecular complexity index is 813. The van der Waals surface area contributed by atoms with E-state index >= 15 is 0 Å². The van der Waals surface area contributed by atoms with Gasteiger partial charge in [-0.2, -0.15) is 0 Å². The van der Waals surface area contributed by atoms with Crippen LogP contribution in [0.5, 0.6) is 5.75 Å². The number of aromatic nitrogens is 1. The van der Waals surface area contributed by atoms with Crippen molar-refractivity contribution in [3.63, 3.8) is 0 Å². The number of hydrogen-bond donors (Lipinski definition) is 1. The molecule has 0 atom stereocenters. The summed E-state index contributed by atoms with van der Waals surface area (Å²) in [6.07, 6.45) is 0.303. The molecule has 1 aromatic carbocycles. The second kappa shape index (κ2) is 6.64. The summed E-state index contributed by atoms with van der Waals surface area (Å²) < 4.78 is 7.14. The van der Waals surface area contributed by atoms with E-state index in [0.29, 0.717) is 22.5 Å². The molecule has 0 spiro atoms. The van der Waals surface area contributed by atoms with E-state index in [9.17, 15) is 4.79 Å². The minimum Gasteiger partial charge on any atom is -0.494 e. The van der Waals surface area contributed by atoms with Gasteiger partial charge in [-0.05, 0) is 37.3 Å². The summed E-state index contributed by atoms with van der Waals surface area (Å²) >= 11 is 8.71. The third-order valence-corrected chi connectivity index (χ3v) is 5.05. The number of hydrogen-bond acceptors (Lipinski definition) is 5. The highest BCUT2D eigenvalue weighted by Crippen LogP contribution is 2.29. The Kier molecular flexibility index (Phi) is 4.61. The maximum absolute atomic E-state index is 12.0. The SMILES string of the molecule is CCOc1ccc2nc(NC(=O)Cc3ccc(Cl)s3)sc2c1. The fourth-order valence-electron chi connectivity index (χ4n) is 1.98. The van der Waals surface area contributed by atoms with Crippen LogP contribution in [-0.4, -0.2) is 17.5 Å². The number of thiophene rings is 1. The number of thiazole rings is 1. The number of benzene rings is 1. The second-order valence-electron chi connectivity index (χ2n) is 4.51. The number of amides is 1. The summed E-state index contributed by atoms with van der Waals surface area (Å²) in [7, 11) is 0. The zero-order valence-electron chi connectivity index (χ0n) is 11.8. The number of carbonyl (C=O) groups excluding carboxylic acids is 1. The Labute approximate surface area is 140 Å². The lowest BCUT2D eigenvalue weighted by Gasteiger charge is -2.00. The molecule has 0 aliphatic carbocycles. The minimum atomic E-state index is -0.0948. The number of nitrogens with zero attached hydrogens (tertiary/aromatic N) is 1. The molecule has 1 N–H and O–H groups in total. The van der Waals surface area contributed by atoms with Crippen LogP contribution in [0.2, 0.25) is 4.34 Å². The fourth-order valence-corrected chi connectivity index (χ4v) is 3.98. The summed E-state index contributed by atoms with van der Waals surface area (Å²) in [5.41, 5.74) is 0.850. The number of fused-ring (bicyclic) bond motifs is 1. The van der Waals surface area contributed by atoms with E-state index in [0.717, 1.165) is 20.8 Å². The van der Waals surface area contributed by atoms with Gasteiger partial charge >= 0.3 is 0 Å². The monoisotopic (exact) mass is 352 g/mol. The van der Waals surface area contributed by atoms with Gasteiger partial charge in [0.05, 0.1) is 27.6 Å². The molecule has 0 radical (unpaired) electrons. The van der Waals surface area contributed by atoms with Crippen LogP contribution in [-0.2, 0) is 11.2 Å². The Morgan fingerprint density at radius 2 is 2.18 bits per heavy atom. The molecule has 0 aliphatic rings. The van der Waals surface area contributed by atoms with Crippen LogP contribution in [0.25, 0.3) is 10.2 Å². The van der Waals surface area contributed by atoms with Crippen molar-refractivity contribution < 1.29 is 9.53 Å². The average molecular weight is 353 g/mol. The quantitative estimate of drug-likeness (QED) is 0.730. The van der Waals surface area contributed by atoms with E-state index in [1.807, 2.05) is 31.2 Å². The highest BCUT2D eigenvalue weighted by Gasteiger charge is 2.10. The molecule has 0 aliphatic heterocycles. The van der Waals surface area contributed by atoms with Gasteiger partial charge in [0.25, 0.3) is 0 Å². The van der Waals surface area contributed by atoms with Crippen LogP contribution in [0.15, 0.2) is 30.3 Å². The Hall–Kier alpha value is -1.63. The van der Waals surface area contributed by atoms with Gasteiger partial charge in [0, 0.05) is 4.88 Å². The Morgan fingerprint density at radius 3 is 2.91 bits per heavy atom. The maximum atomic E-state index is 12.0. The molecule has 7 heteroatoms. The van der Waals surface area contributed by atoms with Crippen LogP contribution in [0, 0.1) is 0 Å². The van der Waals surface area contributed by atoms with Crippen molar-refractivity contribution >= 4 is 55.5 Å². The van der Waals surface area contributed by atoms with E-state index in [1.165, 1.54) is 22.7 Å². The normalized spacial score (nSPS) is 10.8. The van der Waals surface area contributed by atoms with Crippen molar-refractivity contribution in [3.05, 3.63) is 39.5 Å². The molecule has 2 aromatic heterocycles. The molecule has 1 amide bonds. The first-order valence-electron chi connectivity index (χ1n) is 6.71. The van der Waals surface area contributed by atoms with Crippen LogP contribution in [0.1, 0.15) is 11.8 Å². The number of rotatable bonds is 5. The Balaban J connectivity index is 1.71. The zero-order chi connectivity index (χ0) is 15.5. The van der Waals surface area contributed by atoms with E-state index in [4.69, 9.17) is 16.3 Å². The Morgan fingerprint density at radius 1 is 1.32 bits per heavy atom. The van der Waals surface area contributed by atoms with Gasteiger partial charge in [-0.3, -0.25) is 4.79 Å². The first-order valence-corrected chi connectivity index (χ1v) is 8.72. The van der Waals surface area contributed by atoms with Crippen molar-refractivity contribution in [2.45, 2.75) is 13.3 Å². The largest absolute Gasteiger partial charge is 0.494 e. The van der Waals surface area contributed by atoms with Crippen molar-refractivity contribution in [1.82, 2.24) is 4.98 Å². The summed E-state index contributed by atoms with van der Waals surface area (Å²) in [6, 6.07) is 9.36. The van der Waals surface area contributed by atoms with Gasteiger partial charge in [0.2, 0.25) is 5.91 Å². The topological polar surface area (TPSA) is 51.2 Å². The van der Waals surface area contributed by atoms with Gasteiger partial charge < -0.3 is 10.1 Å². The summed E-state index contributed by atoms with van der Waals surface area (Å²) in [5, 5.41) is 3.43. The van der Waals surface area contributed by atoms with Gasteiger partial charge in [-0.25, -0.2) is 4.98 Å². The van der Waals surface area contributed by atoms with Gasteiger partial charge in [-0.15, -0.1) is 11.3 Å². The fraction of sp³-hybridized carbons (Fsp3) is 0.200. The van der Waals surface area contributed by atoms with Crippen LogP contribution < -0.4 is 10.1 Å². The van der Waals surface area contributed by atoms with E-state index in [-0.39, 0.29) is 5.91 Å². The predicted molar refractivity (Wildman–Crippen MR) is 92.5 cm³/mol. The number of nitrogens with one attached hydrogen (secondary N) is 1. The molecule has 0 fully saturated rings. The molecular weight excluding hydrogens is 340 g/mol. The first kappa shape index (κ1) is 15.3. The molecule has 3 aromatic rings. The number of carbonyl (C=O) groups is 1. The molecule has 22 heavy (non-hydrogen) atoms. The molecule has 4 nitrogen and oxygen atoms in total. The summed E-state index contributed by atoms with van der Waals surface area (Å²) in [5.74, 6) is 0.715. The summed E-state index contributed by atoms with van der Waals surface area (Å²) in [4.78, 5) is 17.4. The lowest BCUT2D eigenvalue weighted by atomic mass is 10.3. The number of ether oxygens (including phenoxy) is 1. The molecule has 3 rings (SSSR count). The van der Waals surface area contributed by atoms with E-state index in [2.05, 4.69) is 10.3 Å². The molecule has 0 saturated carbocycles. The van der Waals surface area contributed by atoms with Crippen LogP contribution >= 0.6 is 34.3 Å². The molecule has 2 heterocycles. The smallest absolute Gasteiger partial charge is 0.231 e. The molecule has 114 valence electrons. The van der Waals surface area contributed by atoms with Gasteiger partial charge in [0.15, 0.2) is 5.13 Å². The zero-order valence-corrected chi connectivity index (χ0v) is 14.1. The third kappa shape index (κ3) is 3.58. The predicted octanol–water partition coefficient (Wildman–Crippen LogP) is 4.59. The van der Waals surface area contributed by atoms with Crippen LogP contribution in [0.4, 0.5) is 5.13 Å². The van der Waals surface area contributed by atoms with Crippen molar-refractivity contribution in [2.75, 3.05) is 11.9 Å². The minimum absolute atomic E-state index is 0.0948. The molecule has 0 bridgehead atoms. The number of halogens is 1. The second-order valence-corrected chi connectivity index (χ2v) is 7.34. The highest BCUT2D eigenvalue weighted by molar-refractivity contribution is 7.22. The first-order chi connectivity index (χ1) is 10.6. The molecular formula is C15H13ClN2O2S2. The highest BCUT2D eigenvalue weighted by atomic mass is 35.5. The standard InChI is InChI=1S/C15H13ClN2O2S2/c1-2-20-9-3-5-11-12(7-9)22-15(17-11)18-14(19)8-10-4-6-13(16)21-10/h3-7H,2,8H2,1H3,(H,17,18,19). The third-order valence-electron chi connectivity index (χ3n) is 2.88. The van der Waals surface area contributed by atoms with Crippen LogP contribution in [0.3, 0.4) is 0 Å². The van der Waals surface area contributed by atoms with Gasteiger partial charge in [0.1, 0.15) is 5.75 Å². The van der Waals surface area contributed by atoms with Crippen molar-refractivity contribution in [3.8, 4) is 5.75 Å². The van der Waals surface area contributed by atoms with E-state index < -0.39 is 0 Å². The van der Waals surface area contributed by atoms with Gasteiger partial charge in [-0.1, -0.05) is 22.9 Å². The lowest BCUT2D eigenvalue weighted by Crippen LogP contribution is -2.13. The lowest BCUT2D eigenvalue weighted by molar-refractivity contribution is -0.115. The average Bonchev–Trinajstić information content (AvgIpc) is 3.04. The number of anilines is 1. The van der Waals surface area contributed by atoms with E-state index in [1.54, 1.807) is 6.07 Å². The van der Waals surface area contributed by atoms with Crippen molar-refractivity contribution in [1.29, 1.82) is 0 Å². The van der Waals surface area contributed by atoms with Crippen molar-refractivity contribution in [2.24, 2.45) is 0 Å². The molecule has 0 unspecified atom stereocenters.